The van der Waals surface area contributed by atoms with Gasteiger partial charge in [-0.2, -0.15) is 5.10 Å². The largest absolute Gasteiger partial charge is 0.378 e. The molecule has 3 aromatic carbocycles. The van der Waals surface area contributed by atoms with Gasteiger partial charge in [0.05, 0.1) is 17.4 Å². The molecule has 0 saturated carbocycles. The minimum Gasteiger partial charge on any atom is -0.378 e. The van der Waals surface area contributed by atoms with E-state index < -0.39 is 12.3 Å². The number of hydrogen-bond donors (Lipinski definition) is 1. The van der Waals surface area contributed by atoms with E-state index in [0.717, 1.165) is 32.9 Å². The van der Waals surface area contributed by atoms with E-state index >= 15 is 0 Å². The fraction of sp³-hybridized carbons (Fsp3) is 0.103. The van der Waals surface area contributed by atoms with Gasteiger partial charge in [0, 0.05) is 53.1 Å². The Hall–Kier alpha value is -4.36. The monoisotopic (exact) mass is 480 g/mol. The Morgan fingerprint density at radius 3 is 2.50 bits per heavy atom. The van der Waals surface area contributed by atoms with Crippen LogP contribution in [0, 0.1) is 5.82 Å². The van der Waals surface area contributed by atoms with Crippen molar-refractivity contribution in [3.63, 3.8) is 0 Å². The van der Waals surface area contributed by atoms with Crippen LogP contribution in [0.15, 0.2) is 97.6 Å². The molecule has 0 spiro atoms. The smallest absolute Gasteiger partial charge is 0.145 e. The maximum absolute atomic E-state index is 14.7. The summed E-state index contributed by atoms with van der Waals surface area (Å²) in [7, 11) is 1.88. The van der Waals surface area contributed by atoms with Crippen molar-refractivity contribution in [3.8, 4) is 16.8 Å². The molecule has 1 N–H and O–H groups in total. The van der Waals surface area contributed by atoms with Gasteiger partial charge in [-0.05, 0) is 59.7 Å². The zero-order valence-corrected chi connectivity index (χ0v) is 19.4. The van der Waals surface area contributed by atoms with Crippen LogP contribution in [-0.4, -0.2) is 31.1 Å². The highest BCUT2D eigenvalue weighted by molar-refractivity contribution is 5.90. The fourth-order valence-electron chi connectivity index (χ4n) is 4.81. The van der Waals surface area contributed by atoms with Gasteiger partial charge >= 0.3 is 0 Å². The van der Waals surface area contributed by atoms with Crippen molar-refractivity contribution in [3.05, 3.63) is 115 Å². The Morgan fingerprint density at radius 1 is 0.917 bits per heavy atom. The van der Waals surface area contributed by atoms with Crippen LogP contribution < -0.4 is 0 Å². The summed E-state index contributed by atoms with van der Waals surface area (Å²) in [6, 6.07) is 21.1. The van der Waals surface area contributed by atoms with Crippen LogP contribution in [0.1, 0.15) is 11.1 Å². The van der Waals surface area contributed by atoms with Crippen LogP contribution in [0.4, 0.5) is 8.78 Å². The molecule has 3 aromatic heterocycles. The second kappa shape index (κ2) is 8.39. The molecule has 6 aromatic rings. The lowest BCUT2D eigenvalue weighted by molar-refractivity contribution is 0.0532. The highest BCUT2D eigenvalue weighted by Crippen LogP contribution is 2.38. The van der Waals surface area contributed by atoms with Crippen molar-refractivity contribution in [2.24, 2.45) is 7.05 Å². The maximum Gasteiger partial charge on any atom is 0.145 e. The number of hydrogen-bond acceptors (Lipinski definition) is 3. The molecule has 0 radical (unpaired) electrons. The van der Waals surface area contributed by atoms with Crippen molar-refractivity contribution in [1.82, 2.24) is 19.3 Å². The first kappa shape index (κ1) is 22.1. The average molecular weight is 481 g/mol. The molecule has 0 fully saturated rings. The molecular formula is C29H22F2N4O. The normalized spacial score (nSPS) is 13.3. The molecule has 6 rings (SSSR count). The molecule has 0 amide bonds. The van der Waals surface area contributed by atoms with Crippen molar-refractivity contribution >= 4 is 21.8 Å². The van der Waals surface area contributed by atoms with Crippen molar-refractivity contribution in [2.45, 2.75) is 5.60 Å². The molecule has 0 bridgehead atoms. The van der Waals surface area contributed by atoms with Crippen LogP contribution in [0.2, 0.25) is 0 Å². The summed E-state index contributed by atoms with van der Waals surface area (Å²) in [5, 5.41) is 17.6. The molecule has 1 atom stereocenters. The first-order valence-electron chi connectivity index (χ1n) is 11.5. The molecule has 0 aliphatic heterocycles. The highest BCUT2D eigenvalue weighted by atomic mass is 19.1. The molecule has 0 saturated heterocycles. The lowest BCUT2D eigenvalue weighted by Crippen LogP contribution is -2.29. The summed E-state index contributed by atoms with van der Waals surface area (Å²) in [5.74, 6) is -0.326. The van der Waals surface area contributed by atoms with E-state index in [1.165, 1.54) is 12.1 Å². The SMILES string of the molecule is Cn1cc(C(O)(CF)c2ccc3c(cnn3-c3ccc(F)cc3)c2)c2ccc(-c3cccnc3)cc21. The number of aromatic nitrogens is 4. The van der Waals surface area contributed by atoms with Gasteiger partial charge in [0.15, 0.2) is 0 Å². The number of halogens is 2. The summed E-state index contributed by atoms with van der Waals surface area (Å²) in [6.45, 7) is -0.992. The van der Waals surface area contributed by atoms with E-state index in [2.05, 4.69) is 10.1 Å². The topological polar surface area (TPSA) is 55.9 Å². The van der Waals surface area contributed by atoms with Crippen LogP contribution in [0.3, 0.4) is 0 Å². The second-order valence-corrected chi connectivity index (χ2v) is 8.93. The van der Waals surface area contributed by atoms with E-state index in [1.807, 2.05) is 41.9 Å². The maximum atomic E-state index is 14.7. The van der Waals surface area contributed by atoms with Crippen LogP contribution in [0.25, 0.3) is 38.6 Å². The Labute approximate surface area is 205 Å². The van der Waals surface area contributed by atoms with E-state index in [4.69, 9.17) is 0 Å². The van der Waals surface area contributed by atoms with Crippen molar-refractivity contribution in [1.29, 1.82) is 0 Å². The Bertz CT molecular complexity index is 1710. The van der Waals surface area contributed by atoms with Gasteiger partial charge < -0.3 is 9.67 Å². The quantitative estimate of drug-likeness (QED) is 0.333. The summed E-state index contributed by atoms with van der Waals surface area (Å²) in [4.78, 5) is 4.19. The van der Waals surface area contributed by atoms with Crippen LogP contribution in [-0.2, 0) is 12.6 Å². The third-order valence-electron chi connectivity index (χ3n) is 6.74. The van der Waals surface area contributed by atoms with Crippen LogP contribution >= 0.6 is 0 Å². The third-order valence-corrected chi connectivity index (χ3v) is 6.74. The molecule has 36 heavy (non-hydrogen) atoms. The number of pyridine rings is 1. The number of aryl methyl sites for hydroxylation is 1. The fourth-order valence-corrected chi connectivity index (χ4v) is 4.81. The number of nitrogens with zero attached hydrogens (tertiary/aromatic N) is 4. The standard InChI is InChI=1S/C29H22F2N4O/c1-34-17-26(25-10-4-19(14-28(25)34)20-3-2-12-32-15-20)29(36,18-30)22-5-11-27-21(13-22)16-33-35(27)24-8-6-23(31)7-9-24/h2-17,36H,18H2,1H3. The van der Waals surface area contributed by atoms with Gasteiger partial charge in [-0.3, -0.25) is 4.98 Å². The summed E-state index contributed by atoms with van der Waals surface area (Å²) >= 11 is 0. The molecule has 5 nitrogen and oxygen atoms in total. The molecule has 3 heterocycles. The second-order valence-electron chi connectivity index (χ2n) is 8.93. The minimum atomic E-state index is -1.85. The highest BCUT2D eigenvalue weighted by Gasteiger charge is 2.35. The number of benzene rings is 3. The van der Waals surface area contributed by atoms with E-state index in [9.17, 15) is 13.9 Å². The predicted molar refractivity (Wildman–Crippen MR) is 136 cm³/mol. The van der Waals surface area contributed by atoms with Gasteiger partial charge in [-0.1, -0.05) is 24.3 Å². The van der Waals surface area contributed by atoms with Gasteiger partial charge in [0.1, 0.15) is 18.1 Å². The summed E-state index contributed by atoms with van der Waals surface area (Å²) in [5.41, 5.74) is 3.40. The van der Waals surface area contributed by atoms with Gasteiger partial charge in [-0.15, -0.1) is 0 Å². The molecule has 1 unspecified atom stereocenters. The Kier molecular flexibility index (Phi) is 5.16. The molecule has 178 valence electrons. The first-order chi connectivity index (χ1) is 17.5. The molecule has 0 aliphatic rings. The number of aliphatic hydroxyl groups is 1. The molecule has 7 heteroatoms. The Balaban J connectivity index is 1.45. The molecular weight excluding hydrogens is 458 g/mol. The number of alkyl halides is 1. The first-order valence-corrected chi connectivity index (χ1v) is 11.5. The zero-order chi connectivity index (χ0) is 24.9. The third kappa shape index (κ3) is 3.48. The summed E-state index contributed by atoms with van der Waals surface area (Å²) in [6.07, 6.45) is 6.96. The van der Waals surface area contributed by atoms with Gasteiger partial charge in [0.2, 0.25) is 0 Å². The van der Waals surface area contributed by atoms with Crippen molar-refractivity contribution < 1.29 is 13.9 Å². The molecule has 0 aliphatic carbocycles. The minimum absolute atomic E-state index is 0.326. The van der Waals surface area contributed by atoms with E-state index in [1.54, 1.807) is 59.8 Å². The zero-order valence-electron chi connectivity index (χ0n) is 19.4. The van der Waals surface area contributed by atoms with Gasteiger partial charge in [-0.25, -0.2) is 13.5 Å². The summed E-state index contributed by atoms with van der Waals surface area (Å²) < 4.78 is 31.6. The van der Waals surface area contributed by atoms with Crippen LogP contribution in [0.5, 0.6) is 0 Å². The number of rotatable bonds is 5. The lowest BCUT2D eigenvalue weighted by atomic mass is 9.86. The average Bonchev–Trinajstić information content (AvgIpc) is 3.50. The Morgan fingerprint density at radius 2 is 1.75 bits per heavy atom. The van der Waals surface area contributed by atoms with Crippen molar-refractivity contribution in [2.75, 3.05) is 6.67 Å². The number of fused-ring (bicyclic) bond motifs is 2. The predicted octanol–water partition coefficient (Wildman–Crippen LogP) is 5.92. The van der Waals surface area contributed by atoms with E-state index in [-0.39, 0.29) is 5.82 Å². The van der Waals surface area contributed by atoms with Gasteiger partial charge in [0.25, 0.3) is 0 Å². The van der Waals surface area contributed by atoms with E-state index in [0.29, 0.717) is 16.8 Å². The lowest BCUT2D eigenvalue weighted by Gasteiger charge is -2.25.